The van der Waals surface area contributed by atoms with E-state index in [-0.39, 0.29) is 23.6 Å². The summed E-state index contributed by atoms with van der Waals surface area (Å²) in [4.78, 5) is 12.4. The Kier molecular flexibility index (Phi) is 4.80. The van der Waals surface area contributed by atoms with Gasteiger partial charge in [-0.3, -0.25) is 4.79 Å². The Morgan fingerprint density at radius 1 is 1.28 bits per heavy atom. The van der Waals surface area contributed by atoms with E-state index in [9.17, 15) is 18.0 Å². The third kappa shape index (κ3) is 3.84. The minimum absolute atomic E-state index is 0.0810. The standard InChI is InChI=1S/C17H19F3N4O/c1-11-14(3-2-9-21-11)16(25)23-12-4-6-13(7-5-12)24-15(8-10-22-24)17(18,19)20/h4-8,10-11,14,21H,2-3,9H2,1H3,(H,23,25)/t11-,14-/m1/s1. The molecule has 2 atom stereocenters. The maximum Gasteiger partial charge on any atom is 0.433 e. The molecule has 0 radical (unpaired) electrons. The van der Waals surface area contributed by atoms with E-state index in [4.69, 9.17) is 0 Å². The fourth-order valence-electron chi connectivity index (χ4n) is 3.05. The lowest BCUT2D eigenvalue weighted by molar-refractivity contribution is -0.142. The molecule has 1 aliphatic rings. The summed E-state index contributed by atoms with van der Waals surface area (Å²) in [6.07, 6.45) is -1.61. The van der Waals surface area contributed by atoms with Crippen LogP contribution in [0.2, 0.25) is 0 Å². The number of anilines is 1. The van der Waals surface area contributed by atoms with Crippen LogP contribution in [0, 0.1) is 5.92 Å². The predicted molar refractivity (Wildman–Crippen MR) is 87.4 cm³/mol. The molecule has 1 fully saturated rings. The summed E-state index contributed by atoms with van der Waals surface area (Å²) in [5.41, 5.74) is -0.0124. The molecule has 2 heterocycles. The van der Waals surface area contributed by atoms with E-state index in [2.05, 4.69) is 15.7 Å². The Morgan fingerprint density at radius 3 is 2.64 bits per heavy atom. The second-order valence-corrected chi connectivity index (χ2v) is 6.15. The number of benzene rings is 1. The van der Waals surface area contributed by atoms with Gasteiger partial charge in [0.25, 0.3) is 0 Å². The summed E-state index contributed by atoms with van der Waals surface area (Å²) in [5.74, 6) is -0.195. The molecule has 1 aliphatic heterocycles. The third-order valence-corrected chi connectivity index (χ3v) is 4.41. The summed E-state index contributed by atoms with van der Waals surface area (Å²) in [6, 6.07) is 7.19. The number of aromatic nitrogens is 2. The van der Waals surface area contributed by atoms with Crippen molar-refractivity contribution in [1.29, 1.82) is 0 Å². The highest BCUT2D eigenvalue weighted by atomic mass is 19.4. The molecule has 0 saturated carbocycles. The minimum Gasteiger partial charge on any atom is -0.326 e. The van der Waals surface area contributed by atoms with Crippen LogP contribution in [0.5, 0.6) is 0 Å². The van der Waals surface area contributed by atoms with E-state index < -0.39 is 11.9 Å². The zero-order chi connectivity index (χ0) is 18.0. The van der Waals surface area contributed by atoms with Gasteiger partial charge in [0, 0.05) is 11.7 Å². The van der Waals surface area contributed by atoms with Crippen LogP contribution >= 0.6 is 0 Å². The van der Waals surface area contributed by atoms with Crippen LogP contribution < -0.4 is 10.6 Å². The average Bonchev–Trinajstić information content (AvgIpc) is 3.06. The molecule has 1 amide bonds. The number of alkyl halides is 3. The van der Waals surface area contributed by atoms with Crippen LogP contribution in [0.1, 0.15) is 25.5 Å². The van der Waals surface area contributed by atoms with Crippen LogP contribution in [0.4, 0.5) is 18.9 Å². The molecule has 1 aromatic carbocycles. The normalized spacial score (nSPS) is 21.1. The number of nitrogens with one attached hydrogen (secondary N) is 2. The minimum atomic E-state index is -4.48. The number of piperidine rings is 1. The molecule has 3 rings (SSSR count). The Hall–Kier alpha value is -2.35. The number of carbonyl (C=O) groups is 1. The van der Waals surface area contributed by atoms with Crippen molar-refractivity contribution < 1.29 is 18.0 Å². The van der Waals surface area contributed by atoms with E-state index in [0.717, 1.165) is 36.3 Å². The molecule has 25 heavy (non-hydrogen) atoms. The quantitative estimate of drug-likeness (QED) is 0.892. The van der Waals surface area contributed by atoms with Gasteiger partial charge in [-0.25, -0.2) is 4.68 Å². The average molecular weight is 352 g/mol. The highest BCUT2D eigenvalue weighted by Crippen LogP contribution is 2.30. The van der Waals surface area contributed by atoms with Gasteiger partial charge in [-0.1, -0.05) is 0 Å². The summed E-state index contributed by atoms with van der Waals surface area (Å²) < 4.78 is 39.6. The maximum absolute atomic E-state index is 12.9. The van der Waals surface area contributed by atoms with Gasteiger partial charge in [-0.15, -0.1) is 0 Å². The summed E-state index contributed by atoms with van der Waals surface area (Å²) >= 11 is 0. The van der Waals surface area contributed by atoms with Crippen molar-refractivity contribution in [2.45, 2.75) is 32.0 Å². The molecule has 1 saturated heterocycles. The van der Waals surface area contributed by atoms with E-state index in [0.29, 0.717) is 5.69 Å². The van der Waals surface area contributed by atoms with Crippen LogP contribution in [-0.2, 0) is 11.0 Å². The number of amides is 1. The van der Waals surface area contributed by atoms with Crippen molar-refractivity contribution in [1.82, 2.24) is 15.1 Å². The molecule has 8 heteroatoms. The lowest BCUT2D eigenvalue weighted by atomic mass is 9.91. The van der Waals surface area contributed by atoms with Gasteiger partial charge in [0.2, 0.25) is 5.91 Å². The van der Waals surface area contributed by atoms with E-state index in [1.807, 2.05) is 6.92 Å². The summed E-state index contributed by atoms with van der Waals surface area (Å²) in [5, 5.41) is 9.82. The van der Waals surface area contributed by atoms with Crippen LogP contribution in [0.15, 0.2) is 36.5 Å². The third-order valence-electron chi connectivity index (χ3n) is 4.41. The van der Waals surface area contributed by atoms with Gasteiger partial charge in [0.05, 0.1) is 17.8 Å². The molecule has 2 N–H and O–H groups in total. The van der Waals surface area contributed by atoms with Crippen LogP contribution in [-0.4, -0.2) is 28.3 Å². The molecule has 5 nitrogen and oxygen atoms in total. The molecule has 1 aromatic heterocycles. The largest absolute Gasteiger partial charge is 0.433 e. The van der Waals surface area contributed by atoms with Crippen LogP contribution in [0.25, 0.3) is 5.69 Å². The molecule has 2 aromatic rings. The fourth-order valence-corrected chi connectivity index (χ4v) is 3.05. The number of rotatable bonds is 3. The Bertz CT molecular complexity index is 739. The van der Waals surface area contributed by atoms with Crippen molar-refractivity contribution in [3.63, 3.8) is 0 Å². The Morgan fingerprint density at radius 2 is 2.00 bits per heavy atom. The number of halogens is 3. The van der Waals surface area contributed by atoms with E-state index >= 15 is 0 Å². The van der Waals surface area contributed by atoms with Crippen molar-refractivity contribution in [2.24, 2.45) is 5.92 Å². The molecular formula is C17H19F3N4O. The summed E-state index contributed by atoms with van der Waals surface area (Å²) in [6.45, 7) is 2.88. The van der Waals surface area contributed by atoms with Crippen molar-refractivity contribution in [3.8, 4) is 5.69 Å². The molecule has 0 bridgehead atoms. The van der Waals surface area contributed by atoms with Crippen molar-refractivity contribution >= 4 is 11.6 Å². The molecular weight excluding hydrogens is 333 g/mol. The lowest BCUT2D eigenvalue weighted by Crippen LogP contribution is -2.44. The first-order valence-corrected chi connectivity index (χ1v) is 8.12. The second-order valence-electron chi connectivity index (χ2n) is 6.15. The highest BCUT2D eigenvalue weighted by Gasteiger charge is 2.35. The predicted octanol–water partition coefficient (Wildman–Crippen LogP) is 3.22. The second kappa shape index (κ2) is 6.87. The van der Waals surface area contributed by atoms with Crippen molar-refractivity contribution in [3.05, 3.63) is 42.2 Å². The van der Waals surface area contributed by atoms with Crippen molar-refractivity contribution in [2.75, 3.05) is 11.9 Å². The first kappa shape index (κ1) is 17.5. The first-order chi connectivity index (χ1) is 11.9. The molecule has 0 unspecified atom stereocenters. The molecule has 0 spiro atoms. The van der Waals surface area contributed by atoms with Gasteiger partial charge < -0.3 is 10.6 Å². The Balaban J connectivity index is 1.73. The van der Waals surface area contributed by atoms with Gasteiger partial charge in [-0.2, -0.15) is 18.3 Å². The van der Waals surface area contributed by atoms with Crippen LogP contribution in [0.3, 0.4) is 0 Å². The van der Waals surface area contributed by atoms with Gasteiger partial charge >= 0.3 is 6.18 Å². The number of nitrogens with zero attached hydrogens (tertiary/aromatic N) is 2. The topological polar surface area (TPSA) is 59.0 Å². The number of hydrogen-bond donors (Lipinski definition) is 2. The summed E-state index contributed by atoms with van der Waals surface area (Å²) in [7, 11) is 0. The van der Waals surface area contributed by atoms with E-state index in [1.165, 1.54) is 12.1 Å². The maximum atomic E-state index is 12.9. The number of carbonyl (C=O) groups excluding carboxylic acids is 1. The van der Waals surface area contributed by atoms with Gasteiger partial charge in [-0.05, 0) is 56.6 Å². The SMILES string of the molecule is C[C@H]1NCCC[C@H]1C(=O)Nc1ccc(-n2nccc2C(F)(F)F)cc1. The first-order valence-electron chi connectivity index (χ1n) is 8.12. The fraction of sp³-hybridized carbons (Fsp3) is 0.412. The van der Waals surface area contributed by atoms with E-state index in [1.54, 1.807) is 12.1 Å². The Labute approximate surface area is 143 Å². The number of hydrogen-bond acceptors (Lipinski definition) is 3. The highest BCUT2D eigenvalue weighted by molar-refractivity contribution is 5.93. The smallest absolute Gasteiger partial charge is 0.326 e. The monoisotopic (exact) mass is 352 g/mol. The zero-order valence-electron chi connectivity index (χ0n) is 13.7. The lowest BCUT2D eigenvalue weighted by Gasteiger charge is -2.28. The molecule has 134 valence electrons. The zero-order valence-corrected chi connectivity index (χ0v) is 13.7. The molecule has 0 aliphatic carbocycles. The van der Waals surface area contributed by atoms with Gasteiger partial charge in [0.15, 0.2) is 0 Å². The van der Waals surface area contributed by atoms with Gasteiger partial charge in [0.1, 0.15) is 5.69 Å².